The molecule has 1 N–H and O–H groups in total. The Bertz CT molecular complexity index is 399. The van der Waals surface area contributed by atoms with E-state index in [0.717, 1.165) is 32.5 Å². The molecule has 3 nitrogen and oxygen atoms in total. The van der Waals surface area contributed by atoms with Gasteiger partial charge in [0, 0.05) is 13.1 Å². The predicted molar refractivity (Wildman–Crippen MR) is 66.6 cm³/mol. The van der Waals surface area contributed by atoms with Gasteiger partial charge in [-0.2, -0.15) is 0 Å². The number of rotatable bonds is 3. The molecule has 0 bridgehead atoms. The summed E-state index contributed by atoms with van der Waals surface area (Å²) >= 11 is 0. The lowest BCUT2D eigenvalue weighted by Crippen LogP contribution is -2.38. The second-order valence-corrected chi connectivity index (χ2v) is 5.03. The summed E-state index contributed by atoms with van der Waals surface area (Å²) in [7, 11) is 0. The number of hydrogen-bond donors (Lipinski definition) is 1. The average Bonchev–Trinajstić information content (AvgIpc) is 2.97. The fraction of sp³-hybridized carbons (Fsp3) is 0.500. The summed E-state index contributed by atoms with van der Waals surface area (Å²) in [6.45, 7) is 3.44. The minimum absolute atomic E-state index is 0.110. The van der Waals surface area contributed by atoms with E-state index in [1.165, 1.54) is 11.1 Å². The van der Waals surface area contributed by atoms with Crippen LogP contribution in [0.4, 0.5) is 0 Å². The van der Waals surface area contributed by atoms with Crippen LogP contribution in [0.25, 0.3) is 0 Å². The highest BCUT2D eigenvalue weighted by atomic mass is 16.1. The molecule has 1 fully saturated rings. The molecule has 1 saturated heterocycles. The predicted octanol–water partition coefficient (Wildman–Crippen LogP) is 1.32. The van der Waals surface area contributed by atoms with Crippen molar-refractivity contribution >= 4 is 5.78 Å². The Balaban J connectivity index is 1.60. The normalized spacial score (nSPS) is 23.9. The summed E-state index contributed by atoms with van der Waals surface area (Å²) in [5.41, 5.74) is 2.75. The second kappa shape index (κ2) is 4.59. The third kappa shape index (κ3) is 2.26. The van der Waals surface area contributed by atoms with Gasteiger partial charge < -0.3 is 5.32 Å². The van der Waals surface area contributed by atoms with Gasteiger partial charge in [0.05, 0.1) is 12.6 Å². The molecule has 2 aliphatic heterocycles. The monoisotopic (exact) mass is 230 g/mol. The van der Waals surface area contributed by atoms with Crippen LogP contribution in [-0.2, 0) is 17.9 Å². The Kier molecular flexibility index (Phi) is 2.95. The molecule has 17 heavy (non-hydrogen) atoms. The summed E-state index contributed by atoms with van der Waals surface area (Å²) < 4.78 is 0. The lowest BCUT2D eigenvalue weighted by atomic mass is 10.1. The molecule has 1 aromatic rings. The number of ketones is 1. The van der Waals surface area contributed by atoms with Crippen LogP contribution in [0, 0.1) is 0 Å². The van der Waals surface area contributed by atoms with Crippen molar-refractivity contribution < 1.29 is 4.79 Å². The zero-order valence-corrected chi connectivity index (χ0v) is 9.98. The van der Waals surface area contributed by atoms with E-state index >= 15 is 0 Å². The van der Waals surface area contributed by atoms with Crippen molar-refractivity contribution in [2.24, 2.45) is 0 Å². The number of nitrogens with one attached hydrogen (secondary N) is 1. The maximum absolute atomic E-state index is 12.0. The van der Waals surface area contributed by atoms with Crippen molar-refractivity contribution in [2.45, 2.75) is 32.0 Å². The number of benzene rings is 1. The summed E-state index contributed by atoms with van der Waals surface area (Å²) in [4.78, 5) is 14.3. The van der Waals surface area contributed by atoms with Gasteiger partial charge in [0.1, 0.15) is 0 Å². The summed E-state index contributed by atoms with van der Waals surface area (Å²) in [6, 6.07) is 8.57. The molecule has 1 atom stereocenters. The first kappa shape index (κ1) is 10.9. The van der Waals surface area contributed by atoms with Crippen molar-refractivity contribution in [3.8, 4) is 0 Å². The van der Waals surface area contributed by atoms with Crippen LogP contribution in [0.15, 0.2) is 24.3 Å². The van der Waals surface area contributed by atoms with Crippen LogP contribution in [0.5, 0.6) is 0 Å². The van der Waals surface area contributed by atoms with Gasteiger partial charge in [-0.15, -0.1) is 0 Å². The smallest absolute Gasteiger partial charge is 0.163 e. The van der Waals surface area contributed by atoms with Gasteiger partial charge in [0.2, 0.25) is 0 Å². The van der Waals surface area contributed by atoms with Gasteiger partial charge in [0.15, 0.2) is 5.78 Å². The maximum Gasteiger partial charge on any atom is 0.163 e. The third-order valence-electron chi connectivity index (χ3n) is 3.73. The summed E-state index contributed by atoms with van der Waals surface area (Å²) in [6.07, 6.45) is 2.15. The minimum atomic E-state index is 0.110. The highest BCUT2D eigenvalue weighted by molar-refractivity contribution is 5.86. The van der Waals surface area contributed by atoms with Gasteiger partial charge in [-0.3, -0.25) is 9.69 Å². The average molecular weight is 230 g/mol. The molecular formula is C14H18N2O. The van der Waals surface area contributed by atoms with Crippen LogP contribution >= 0.6 is 0 Å². The maximum atomic E-state index is 12.0. The van der Waals surface area contributed by atoms with E-state index in [4.69, 9.17) is 0 Å². The standard InChI is InChI=1S/C14H18N2O/c17-14(13-6-3-7-15-13)10-16-8-11-4-1-2-5-12(11)9-16/h1-2,4-5,13,15H,3,6-10H2. The Hall–Kier alpha value is -1.19. The third-order valence-corrected chi connectivity index (χ3v) is 3.73. The fourth-order valence-corrected chi connectivity index (χ4v) is 2.81. The lowest BCUT2D eigenvalue weighted by molar-refractivity contribution is -0.122. The molecule has 2 aliphatic rings. The molecule has 0 amide bonds. The molecule has 3 heteroatoms. The van der Waals surface area contributed by atoms with E-state index in [1.54, 1.807) is 0 Å². The Morgan fingerprint density at radius 1 is 1.29 bits per heavy atom. The molecule has 2 heterocycles. The molecule has 0 saturated carbocycles. The molecule has 0 aromatic heterocycles. The highest BCUT2D eigenvalue weighted by Crippen LogP contribution is 2.22. The number of fused-ring (bicyclic) bond motifs is 1. The molecule has 0 aliphatic carbocycles. The first-order valence-corrected chi connectivity index (χ1v) is 6.38. The lowest BCUT2D eigenvalue weighted by Gasteiger charge is -2.16. The zero-order chi connectivity index (χ0) is 11.7. The molecule has 90 valence electrons. The highest BCUT2D eigenvalue weighted by Gasteiger charge is 2.26. The number of carbonyl (C=O) groups excluding carboxylic acids is 1. The summed E-state index contributed by atoms with van der Waals surface area (Å²) in [5.74, 6) is 0.357. The summed E-state index contributed by atoms with van der Waals surface area (Å²) in [5, 5.41) is 3.28. The van der Waals surface area contributed by atoms with Gasteiger partial charge in [-0.1, -0.05) is 24.3 Å². The first-order valence-electron chi connectivity index (χ1n) is 6.38. The van der Waals surface area contributed by atoms with Crippen molar-refractivity contribution in [3.63, 3.8) is 0 Å². The zero-order valence-electron chi connectivity index (χ0n) is 9.98. The molecular weight excluding hydrogens is 212 g/mol. The topological polar surface area (TPSA) is 32.3 Å². The molecule has 1 aromatic carbocycles. The number of Topliss-reactive ketones (excluding diaryl/α,β-unsaturated/α-hetero) is 1. The molecule has 0 spiro atoms. The second-order valence-electron chi connectivity index (χ2n) is 5.03. The van der Waals surface area contributed by atoms with Gasteiger partial charge >= 0.3 is 0 Å². The largest absolute Gasteiger partial charge is 0.307 e. The van der Waals surface area contributed by atoms with Crippen LogP contribution in [-0.4, -0.2) is 29.8 Å². The van der Waals surface area contributed by atoms with E-state index in [2.05, 4.69) is 34.5 Å². The molecule has 3 rings (SSSR count). The van der Waals surface area contributed by atoms with Crippen LogP contribution in [0.2, 0.25) is 0 Å². The van der Waals surface area contributed by atoms with Gasteiger partial charge in [-0.25, -0.2) is 0 Å². The van der Waals surface area contributed by atoms with Crippen molar-refractivity contribution in [2.75, 3.05) is 13.1 Å². The van der Waals surface area contributed by atoms with Gasteiger partial charge in [-0.05, 0) is 30.5 Å². The number of nitrogens with zero attached hydrogens (tertiary/aromatic N) is 1. The molecule has 1 unspecified atom stereocenters. The van der Waals surface area contributed by atoms with Crippen LogP contribution < -0.4 is 5.32 Å². The Labute approximate surface area is 102 Å². The van der Waals surface area contributed by atoms with E-state index in [-0.39, 0.29) is 6.04 Å². The van der Waals surface area contributed by atoms with E-state index in [9.17, 15) is 4.79 Å². The number of carbonyl (C=O) groups is 1. The van der Waals surface area contributed by atoms with E-state index in [0.29, 0.717) is 12.3 Å². The first-order chi connectivity index (χ1) is 8.33. The minimum Gasteiger partial charge on any atom is -0.307 e. The van der Waals surface area contributed by atoms with Crippen molar-refractivity contribution in [3.05, 3.63) is 35.4 Å². The van der Waals surface area contributed by atoms with Crippen molar-refractivity contribution in [1.29, 1.82) is 0 Å². The Morgan fingerprint density at radius 2 is 2.00 bits per heavy atom. The van der Waals surface area contributed by atoms with Crippen LogP contribution in [0.1, 0.15) is 24.0 Å². The SMILES string of the molecule is O=C(CN1Cc2ccccc2C1)C1CCCN1. The van der Waals surface area contributed by atoms with E-state index in [1.807, 2.05) is 0 Å². The number of hydrogen-bond acceptors (Lipinski definition) is 3. The van der Waals surface area contributed by atoms with Crippen molar-refractivity contribution in [1.82, 2.24) is 10.2 Å². The van der Waals surface area contributed by atoms with Gasteiger partial charge in [0.25, 0.3) is 0 Å². The van der Waals surface area contributed by atoms with E-state index < -0.39 is 0 Å². The molecule has 0 radical (unpaired) electrons. The quantitative estimate of drug-likeness (QED) is 0.850. The fourth-order valence-electron chi connectivity index (χ4n) is 2.81. The van der Waals surface area contributed by atoms with Crippen LogP contribution in [0.3, 0.4) is 0 Å². The Morgan fingerprint density at radius 3 is 2.59 bits per heavy atom.